The molecule has 3 N–H and O–H groups in total. The third kappa shape index (κ3) is 2.43. The average Bonchev–Trinajstić information content (AvgIpc) is 2.16. The van der Waals surface area contributed by atoms with Crippen molar-refractivity contribution in [3.8, 4) is 5.75 Å². The Kier molecular flexibility index (Phi) is 3.71. The van der Waals surface area contributed by atoms with Crippen molar-refractivity contribution >= 4 is 15.9 Å². The van der Waals surface area contributed by atoms with Crippen LogP contribution in [-0.4, -0.2) is 18.8 Å². The Morgan fingerprint density at radius 3 is 2.77 bits per heavy atom. The van der Waals surface area contributed by atoms with E-state index in [1.165, 1.54) is 0 Å². The van der Waals surface area contributed by atoms with E-state index in [4.69, 9.17) is 10.5 Å². The van der Waals surface area contributed by atoms with E-state index in [1.54, 1.807) is 25.3 Å². The lowest BCUT2D eigenvalue weighted by atomic mass is 10.1. The van der Waals surface area contributed by atoms with Gasteiger partial charge in [0.25, 0.3) is 0 Å². The summed E-state index contributed by atoms with van der Waals surface area (Å²) in [4.78, 5) is 0. The molecule has 3 nitrogen and oxygen atoms in total. The minimum Gasteiger partial charge on any atom is -0.496 e. The molecule has 0 aromatic heterocycles. The van der Waals surface area contributed by atoms with Crippen molar-refractivity contribution in [2.75, 3.05) is 13.7 Å². The van der Waals surface area contributed by atoms with Crippen LogP contribution < -0.4 is 10.5 Å². The van der Waals surface area contributed by atoms with Gasteiger partial charge in [-0.05, 0) is 33.6 Å². The molecule has 1 rings (SSSR count). The van der Waals surface area contributed by atoms with E-state index in [0.717, 1.165) is 15.8 Å². The Morgan fingerprint density at radius 2 is 2.31 bits per heavy atom. The Labute approximate surface area is 85.6 Å². The van der Waals surface area contributed by atoms with Crippen LogP contribution >= 0.6 is 15.9 Å². The summed E-state index contributed by atoms with van der Waals surface area (Å²) in [6, 6.07) is 5.38. The first kappa shape index (κ1) is 10.5. The van der Waals surface area contributed by atoms with Gasteiger partial charge in [-0.3, -0.25) is 0 Å². The lowest BCUT2D eigenvalue weighted by Gasteiger charge is -2.10. The van der Waals surface area contributed by atoms with Crippen molar-refractivity contribution in [3.05, 3.63) is 28.2 Å². The molecule has 0 fully saturated rings. The van der Waals surface area contributed by atoms with Gasteiger partial charge in [0.15, 0.2) is 0 Å². The molecule has 13 heavy (non-hydrogen) atoms. The summed E-state index contributed by atoms with van der Waals surface area (Å²) < 4.78 is 5.87. The summed E-state index contributed by atoms with van der Waals surface area (Å²) in [5, 5.41) is 9.43. The highest BCUT2D eigenvalue weighted by molar-refractivity contribution is 9.10. The molecule has 0 heterocycles. The van der Waals surface area contributed by atoms with Gasteiger partial charge in [0, 0.05) is 6.54 Å². The van der Waals surface area contributed by atoms with Crippen molar-refractivity contribution in [1.29, 1.82) is 0 Å². The Morgan fingerprint density at radius 1 is 1.62 bits per heavy atom. The van der Waals surface area contributed by atoms with E-state index in [0.29, 0.717) is 0 Å². The highest BCUT2D eigenvalue weighted by Gasteiger charge is 2.07. The van der Waals surface area contributed by atoms with E-state index < -0.39 is 6.10 Å². The minimum atomic E-state index is -0.609. The van der Waals surface area contributed by atoms with Crippen LogP contribution in [0.5, 0.6) is 5.75 Å². The zero-order valence-corrected chi connectivity index (χ0v) is 8.91. The fourth-order valence-corrected chi connectivity index (χ4v) is 1.58. The molecule has 0 saturated carbocycles. The molecule has 0 aliphatic heterocycles. The molecule has 1 atom stereocenters. The maximum atomic E-state index is 9.43. The molecular formula is C9H12BrNO2. The van der Waals surface area contributed by atoms with Gasteiger partial charge in [-0.25, -0.2) is 0 Å². The minimum absolute atomic E-state index is 0.221. The summed E-state index contributed by atoms with van der Waals surface area (Å²) in [5.74, 6) is 0.743. The van der Waals surface area contributed by atoms with Crippen molar-refractivity contribution in [1.82, 2.24) is 0 Å². The van der Waals surface area contributed by atoms with Crippen LogP contribution in [0.4, 0.5) is 0 Å². The molecule has 4 heteroatoms. The molecule has 1 unspecified atom stereocenters. The normalized spacial score (nSPS) is 12.6. The number of benzene rings is 1. The number of aliphatic hydroxyl groups is 1. The first-order valence-electron chi connectivity index (χ1n) is 3.90. The Hall–Kier alpha value is -0.580. The average molecular weight is 246 g/mol. The van der Waals surface area contributed by atoms with Crippen molar-refractivity contribution < 1.29 is 9.84 Å². The number of aliphatic hydroxyl groups excluding tert-OH is 1. The van der Waals surface area contributed by atoms with Gasteiger partial charge in [-0.15, -0.1) is 0 Å². The monoisotopic (exact) mass is 245 g/mol. The van der Waals surface area contributed by atoms with Gasteiger partial charge in [0.2, 0.25) is 0 Å². The molecule has 1 aromatic carbocycles. The largest absolute Gasteiger partial charge is 0.496 e. The number of methoxy groups -OCH3 is 1. The number of halogens is 1. The molecule has 0 aliphatic carbocycles. The summed E-state index contributed by atoms with van der Waals surface area (Å²) in [6.45, 7) is 0.221. The predicted molar refractivity (Wildman–Crippen MR) is 54.7 cm³/mol. The van der Waals surface area contributed by atoms with E-state index in [-0.39, 0.29) is 6.54 Å². The second-order valence-electron chi connectivity index (χ2n) is 2.65. The van der Waals surface area contributed by atoms with E-state index in [2.05, 4.69) is 15.9 Å². The van der Waals surface area contributed by atoms with Crippen LogP contribution in [0, 0.1) is 0 Å². The number of ether oxygens (including phenoxy) is 1. The second kappa shape index (κ2) is 4.60. The fourth-order valence-electron chi connectivity index (χ4n) is 1.03. The van der Waals surface area contributed by atoms with E-state index >= 15 is 0 Å². The van der Waals surface area contributed by atoms with Gasteiger partial charge in [-0.2, -0.15) is 0 Å². The highest BCUT2D eigenvalue weighted by atomic mass is 79.9. The molecule has 72 valence electrons. The number of hydrogen-bond donors (Lipinski definition) is 2. The number of hydrogen-bond acceptors (Lipinski definition) is 3. The van der Waals surface area contributed by atoms with Gasteiger partial charge in [0.05, 0.1) is 17.7 Å². The lowest BCUT2D eigenvalue weighted by Crippen LogP contribution is -2.11. The van der Waals surface area contributed by atoms with Crippen molar-refractivity contribution in [2.24, 2.45) is 5.73 Å². The van der Waals surface area contributed by atoms with Crippen LogP contribution in [0.2, 0.25) is 0 Å². The molecule has 0 aliphatic rings. The smallest absolute Gasteiger partial charge is 0.133 e. The molecular weight excluding hydrogens is 234 g/mol. The number of nitrogens with two attached hydrogens (primary N) is 1. The van der Waals surface area contributed by atoms with Crippen LogP contribution in [0.1, 0.15) is 11.7 Å². The molecule has 0 amide bonds. The quantitative estimate of drug-likeness (QED) is 0.848. The van der Waals surface area contributed by atoms with Gasteiger partial charge in [-0.1, -0.05) is 6.07 Å². The molecule has 0 saturated heterocycles. The van der Waals surface area contributed by atoms with Gasteiger partial charge < -0.3 is 15.6 Å². The van der Waals surface area contributed by atoms with Crippen LogP contribution in [0.25, 0.3) is 0 Å². The first-order valence-corrected chi connectivity index (χ1v) is 4.70. The lowest BCUT2D eigenvalue weighted by molar-refractivity contribution is 0.186. The third-order valence-corrected chi connectivity index (χ3v) is 2.40. The Bertz CT molecular complexity index is 291. The third-order valence-electron chi connectivity index (χ3n) is 1.78. The molecule has 0 spiro atoms. The van der Waals surface area contributed by atoms with Gasteiger partial charge in [0.1, 0.15) is 5.75 Å². The van der Waals surface area contributed by atoms with Crippen molar-refractivity contribution in [2.45, 2.75) is 6.10 Å². The SMILES string of the molecule is COc1ccc(C(O)CN)cc1Br. The zero-order chi connectivity index (χ0) is 9.84. The second-order valence-corrected chi connectivity index (χ2v) is 3.50. The van der Waals surface area contributed by atoms with Crippen LogP contribution in [0.3, 0.4) is 0 Å². The molecule has 0 bridgehead atoms. The zero-order valence-electron chi connectivity index (χ0n) is 7.33. The standard InChI is InChI=1S/C9H12BrNO2/c1-13-9-3-2-6(4-7(9)10)8(12)5-11/h2-4,8,12H,5,11H2,1H3. The fraction of sp³-hybridized carbons (Fsp3) is 0.333. The summed E-state index contributed by atoms with van der Waals surface area (Å²) in [5.41, 5.74) is 6.12. The molecule has 0 radical (unpaired) electrons. The summed E-state index contributed by atoms with van der Waals surface area (Å²) in [7, 11) is 1.60. The van der Waals surface area contributed by atoms with Crippen molar-refractivity contribution in [3.63, 3.8) is 0 Å². The Balaban J connectivity index is 2.95. The first-order chi connectivity index (χ1) is 6.19. The summed E-state index contributed by atoms with van der Waals surface area (Å²) >= 11 is 3.33. The van der Waals surface area contributed by atoms with Crippen LogP contribution in [-0.2, 0) is 0 Å². The molecule has 1 aromatic rings. The van der Waals surface area contributed by atoms with Gasteiger partial charge >= 0.3 is 0 Å². The topological polar surface area (TPSA) is 55.5 Å². The number of rotatable bonds is 3. The summed E-state index contributed by atoms with van der Waals surface area (Å²) in [6.07, 6.45) is -0.609. The van der Waals surface area contributed by atoms with E-state index in [9.17, 15) is 5.11 Å². The maximum absolute atomic E-state index is 9.43. The highest BCUT2D eigenvalue weighted by Crippen LogP contribution is 2.27. The maximum Gasteiger partial charge on any atom is 0.133 e. The predicted octanol–water partition coefficient (Wildman–Crippen LogP) is 1.45. The van der Waals surface area contributed by atoms with Crippen LogP contribution in [0.15, 0.2) is 22.7 Å². The van der Waals surface area contributed by atoms with E-state index in [1.807, 2.05) is 0 Å².